The first-order valence-electron chi connectivity index (χ1n) is 6.56. The van der Waals surface area contributed by atoms with Gasteiger partial charge in [-0.05, 0) is 18.9 Å². The zero-order valence-electron chi connectivity index (χ0n) is 11.5. The second-order valence-electron chi connectivity index (χ2n) is 4.75. The molecule has 0 radical (unpaired) electrons. The minimum Gasteiger partial charge on any atom is -0.388 e. The predicted molar refractivity (Wildman–Crippen MR) is 75.9 cm³/mol. The zero-order chi connectivity index (χ0) is 14.6. The van der Waals surface area contributed by atoms with Crippen molar-refractivity contribution in [2.75, 3.05) is 0 Å². The maximum atomic E-state index is 11.2. The van der Waals surface area contributed by atoms with Crippen LogP contribution in [-0.2, 0) is 9.53 Å². The Hall–Kier alpha value is -0.430. The molecule has 0 aromatic rings. The van der Waals surface area contributed by atoms with Crippen LogP contribution in [0.1, 0.15) is 33.6 Å². The summed E-state index contributed by atoms with van der Waals surface area (Å²) in [7, 11) is 0. The van der Waals surface area contributed by atoms with Crippen molar-refractivity contribution < 1.29 is 19.7 Å². The van der Waals surface area contributed by atoms with Gasteiger partial charge in [-0.3, -0.25) is 4.79 Å². The number of carbonyl (C=O) groups excluding carboxylic acids is 1. The molecule has 1 rings (SSSR count). The van der Waals surface area contributed by atoms with Crippen molar-refractivity contribution in [3.05, 3.63) is 10.6 Å². The Morgan fingerprint density at radius 1 is 1.47 bits per heavy atom. The van der Waals surface area contributed by atoms with Crippen molar-refractivity contribution in [3.8, 4) is 0 Å². The van der Waals surface area contributed by atoms with E-state index in [1.54, 1.807) is 6.08 Å². The van der Waals surface area contributed by atoms with Crippen molar-refractivity contribution in [2.24, 2.45) is 0 Å². The van der Waals surface area contributed by atoms with Crippen LogP contribution >= 0.6 is 15.9 Å². The Morgan fingerprint density at radius 3 is 2.53 bits per heavy atom. The van der Waals surface area contributed by atoms with Gasteiger partial charge in [0.25, 0.3) is 0 Å². The van der Waals surface area contributed by atoms with Gasteiger partial charge in [-0.15, -0.1) is 0 Å². The third-order valence-electron chi connectivity index (χ3n) is 3.28. The molecule has 0 spiro atoms. The lowest BCUT2D eigenvalue weighted by molar-refractivity contribution is -0.125. The third-order valence-corrected chi connectivity index (χ3v) is 4.02. The first-order valence-corrected chi connectivity index (χ1v) is 7.35. The van der Waals surface area contributed by atoms with Gasteiger partial charge in [-0.1, -0.05) is 29.8 Å². The lowest BCUT2D eigenvalue weighted by atomic mass is 9.93. The standard InChI is InChI=1S/C13H22BrNO4/c1-4-8(5-2)19-10-6-9(14)12(17)13(18)11(10)15-7(3)16/h6,8,10-13,17-18H,4-5H2,1-3H3,(H,15,16)/t10-,11?,12?,13+/m1/s1. The molecular formula is C13H22BrNO4. The van der Waals surface area contributed by atoms with Crippen molar-refractivity contribution in [1.29, 1.82) is 0 Å². The highest BCUT2D eigenvalue weighted by Gasteiger charge is 2.39. The monoisotopic (exact) mass is 335 g/mol. The minimum absolute atomic E-state index is 0.0558. The van der Waals surface area contributed by atoms with Crippen LogP contribution in [0.2, 0.25) is 0 Å². The summed E-state index contributed by atoms with van der Waals surface area (Å²) in [6.07, 6.45) is 0.868. The number of nitrogens with one attached hydrogen (secondary N) is 1. The van der Waals surface area contributed by atoms with Gasteiger partial charge in [-0.25, -0.2) is 0 Å². The summed E-state index contributed by atoms with van der Waals surface area (Å²) in [5.41, 5.74) is 0. The molecule has 0 saturated carbocycles. The third kappa shape index (κ3) is 4.27. The predicted octanol–water partition coefficient (Wildman–Crippen LogP) is 1.08. The van der Waals surface area contributed by atoms with Crippen LogP contribution in [0.25, 0.3) is 0 Å². The summed E-state index contributed by atoms with van der Waals surface area (Å²) in [5.74, 6) is -0.263. The van der Waals surface area contributed by atoms with E-state index in [2.05, 4.69) is 21.2 Å². The highest BCUT2D eigenvalue weighted by Crippen LogP contribution is 2.27. The van der Waals surface area contributed by atoms with E-state index in [1.165, 1.54) is 6.92 Å². The van der Waals surface area contributed by atoms with Gasteiger partial charge in [0.05, 0.1) is 18.2 Å². The van der Waals surface area contributed by atoms with Gasteiger partial charge in [0.2, 0.25) is 5.91 Å². The van der Waals surface area contributed by atoms with Gasteiger partial charge >= 0.3 is 0 Å². The molecule has 110 valence electrons. The number of halogens is 1. The fourth-order valence-electron chi connectivity index (χ4n) is 2.14. The molecule has 5 nitrogen and oxygen atoms in total. The number of rotatable bonds is 5. The molecule has 0 saturated heterocycles. The largest absolute Gasteiger partial charge is 0.388 e. The molecule has 0 aliphatic heterocycles. The van der Waals surface area contributed by atoms with E-state index in [4.69, 9.17) is 4.74 Å². The van der Waals surface area contributed by atoms with Crippen molar-refractivity contribution >= 4 is 21.8 Å². The van der Waals surface area contributed by atoms with E-state index in [0.29, 0.717) is 4.48 Å². The summed E-state index contributed by atoms with van der Waals surface area (Å²) in [5, 5.41) is 22.5. The molecule has 4 atom stereocenters. The number of carbonyl (C=O) groups is 1. The minimum atomic E-state index is -1.09. The number of amides is 1. The molecule has 19 heavy (non-hydrogen) atoms. The zero-order valence-corrected chi connectivity index (χ0v) is 13.1. The molecule has 6 heteroatoms. The van der Waals surface area contributed by atoms with Gasteiger partial charge in [0, 0.05) is 11.4 Å². The molecule has 2 unspecified atom stereocenters. The quantitative estimate of drug-likeness (QED) is 0.702. The molecule has 0 heterocycles. The highest BCUT2D eigenvalue weighted by atomic mass is 79.9. The van der Waals surface area contributed by atoms with Crippen molar-refractivity contribution in [3.63, 3.8) is 0 Å². The van der Waals surface area contributed by atoms with Crippen LogP contribution in [0.15, 0.2) is 10.6 Å². The lowest BCUT2D eigenvalue weighted by Gasteiger charge is -2.37. The van der Waals surface area contributed by atoms with Crippen LogP contribution in [-0.4, -0.2) is 46.6 Å². The Morgan fingerprint density at radius 2 is 2.05 bits per heavy atom. The van der Waals surface area contributed by atoms with E-state index in [9.17, 15) is 15.0 Å². The molecule has 1 aliphatic rings. The number of hydrogen-bond acceptors (Lipinski definition) is 4. The Balaban J connectivity index is 2.90. The Bertz CT molecular complexity index is 344. The lowest BCUT2D eigenvalue weighted by Crippen LogP contribution is -2.57. The Labute approximate surface area is 122 Å². The van der Waals surface area contributed by atoms with Crippen molar-refractivity contribution in [2.45, 2.75) is 64.1 Å². The maximum absolute atomic E-state index is 11.2. The van der Waals surface area contributed by atoms with Crippen molar-refractivity contribution in [1.82, 2.24) is 5.32 Å². The maximum Gasteiger partial charge on any atom is 0.217 e. The average Bonchev–Trinajstić information content (AvgIpc) is 2.37. The normalized spacial score (nSPS) is 31.2. The smallest absolute Gasteiger partial charge is 0.217 e. The van der Waals surface area contributed by atoms with E-state index < -0.39 is 24.4 Å². The van der Waals surface area contributed by atoms with Gasteiger partial charge in [0.1, 0.15) is 12.2 Å². The van der Waals surface area contributed by atoms with Crippen LogP contribution in [0.4, 0.5) is 0 Å². The number of ether oxygens (including phenoxy) is 1. The van der Waals surface area contributed by atoms with Gasteiger partial charge in [-0.2, -0.15) is 0 Å². The molecular weight excluding hydrogens is 314 g/mol. The fourth-order valence-corrected chi connectivity index (χ4v) is 2.67. The topological polar surface area (TPSA) is 78.8 Å². The summed E-state index contributed by atoms with van der Waals surface area (Å²) < 4.78 is 6.38. The molecule has 0 aromatic heterocycles. The first-order chi connectivity index (χ1) is 8.90. The number of aliphatic hydroxyl groups is 2. The van der Waals surface area contributed by atoms with Crippen LogP contribution < -0.4 is 5.32 Å². The van der Waals surface area contributed by atoms with Gasteiger partial charge < -0.3 is 20.3 Å². The first kappa shape index (κ1) is 16.6. The number of hydrogen-bond donors (Lipinski definition) is 3. The van der Waals surface area contributed by atoms with E-state index in [-0.39, 0.29) is 12.0 Å². The summed E-state index contributed by atoms with van der Waals surface area (Å²) in [6, 6.07) is -0.644. The van der Waals surface area contributed by atoms with Crippen LogP contribution in [0, 0.1) is 0 Å². The molecule has 1 amide bonds. The Kier molecular flexibility index (Phi) is 6.46. The molecule has 0 fully saturated rings. The second-order valence-corrected chi connectivity index (χ2v) is 5.67. The van der Waals surface area contributed by atoms with E-state index >= 15 is 0 Å². The van der Waals surface area contributed by atoms with Crippen LogP contribution in [0.5, 0.6) is 0 Å². The SMILES string of the molecule is CCC(CC)O[C@@H]1C=C(Br)C(O)[C@@H](O)C1NC(C)=O. The summed E-state index contributed by atoms with van der Waals surface area (Å²) >= 11 is 3.22. The molecule has 1 aliphatic carbocycles. The van der Waals surface area contributed by atoms with E-state index in [1.807, 2.05) is 13.8 Å². The van der Waals surface area contributed by atoms with Gasteiger partial charge in [0.15, 0.2) is 0 Å². The molecule has 0 bridgehead atoms. The fraction of sp³-hybridized carbons (Fsp3) is 0.769. The second kappa shape index (κ2) is 7.38. The summed E-state index contributed by atoms with van der Waals surface area (Å²) in [6.45, 7) is 5.42. The molecule has 3 N–H and O–H groups in total. The average molecular weight is 336 g/mol. The van der Waals surface area contributed by atoms with Crippen LogP contribution in [0.3, 0.4) is 0 Å². The molecule has 0 aromatic carbocycles. The summed E-state index contributed by atoms with van der Waals surface area (Å²) in [4.78, 5) is 11.2. The highest BCUT2D eigenvalue weighted by molar-refractivity contribution is 9.11. The van der Waals surface area contributed by atoms with E-state index in [0.717, 1.165) is 12.8 Å². The number of aliphatic hydroxyl groups excluding tert-OH is 2.